The molecular weight excluding hydrogens is 196 g/mol. The van der Waals surface area contributed by atoms with Crippen molar-refractivity contribution in [2.24, 2.45) is 5.92 Å². The van der Waals surface area contributed by atoms with Gasteiger partial charge in [-0.2, -0.15) is 0 Å². The van der Waals surface area contributed by atoms with Crippen LogP contribution < -0.4 is 0 Å². The Bertz CT molecular complexity index is 193. The lowest BCUT2D eigenvalue weighted by Gasteiger charge is -2.44. The molecule has 0 spiro atoms. The van der Waals surface area contributed by atoms with Gasteiger partial charge in [0.2, 0.25) is 0 Å². The molecule has 1 heterocycles. The van der Waals surface area contributed by atoms with Gasteiger partial charge < -0.3 is 18.9 Å². The summed E-state index contributed by atoms with van der Waals surface area (Å²) in [5, 5.41) is 0. The zero-order valence-electron chi connectivity index (χ0n) is 10.3. The van der Waals surface area contributed by atoms with Crippen LogP contribution in [0.5, 0.6) is 0 Å². The molecular formula is C11H22O4. The fourth-order valence-corrected chi connectivity index (χ4v) is 2.14. The quantitative estimate of drug-likeness (QED) is 0.674. The van der Waals surface area contributed by atoms with Gasteiger partial charge in [-0.15, -0.1) is 0 Å². The molecule has 4 heteroatoms. The summed E-state index contributed by atoms with van der Waals surface area (Å²) in [5.41, 5.74) is -0.420. The monoisotopic (exact) mass is 218 g/mol. The third-order valence-electron chi connectivity index (χ3n) is 3.11. The Hall–Kier alpha value is -0.160. The minimum absolute atomic E-state index is 0.170. The molecule has 15 heavy (non-hydrogen) atoms. The first-order valence-electron chi connectivity index (χ1n) is 5.33. The molecule has 3 unspecified atom stereocenters. The summed E-state index contributed by atoms with van der Waals surface area (Å²) in [6.45, 7) is 4.13. The topological polar surface area (TPSA) is 36.9 Å². The molecule has 0 saturated carbocycles. The van der Waals surface area contributed by atoms with E-state index in [-0.39, 0.29) is 12.6 Å². The van der Waals surface area contributed by atoms with Crippen LogP contribution in [0.2, 0.25) is 0 Å². The Labute approximate surface area is 91.8 Å². The van der Waals surface area contributed by atoms with Crippen molar-refractivity contribution in [3.8, 4) is 0 Å². The first kappa shape index (κ1) is 12.9. The molecule has 4 nitrogen and oxygen atoms in total. The Morgan fingerprint density at radius 3 is 2.33 bits per heavy atom. The molecule has 0 radical (unpaired) electrons. The number of ether oxygens (including phenoxy) is 4. The largest absolute Gasteiger partial charge is 0.356 e. The molecule has 0 bridgehead atoms. The molecule has 0 aromatic carbocycles. The van der Waals surface area contributed by atoms with E-state index in [9.17, 15) is 0 Å². The van der Waals surface area contributed by atoms with Crippen LogP contribution in [0.3, 0.4) is 0 Å². The van der Waals surface area contributed by atoms with Crippen molar-refractivity contribution in [3.05, 3.63) is 0 Å². The van der Waals surface area contributed by atoms with E-state index in [1.165, 1.54) is 0 Å². The fourth-order valence-electron chi connectivity index (χ4n) is 2.14. The molecule has 90 valence electrons. The minimum atomic E-state index is -0.420. The van der Waals surface area contributed by atoms with E-state index in [4.69, 9.17) is 18.9 Å². The minimum Gasteiger partial charge on any atom is -0.356 e. The highest BCUT2D eigenvalue weighted by molar-refractivity contribution is 4.85. The second-order valence-corrected chi connectivity index (χ2v) is 4.35. The van der Waals surface area contributed by atoms with E-state index in [0.717, 1.165) is 12.8 Å². The smallest absolute Gasteiger partial charge is 0.185 e. The maximum atomic E-state index is 5.91. The maximum Gasteiger partial charge on any atom is 0.185 e. The molecule has 1 aliphatic heterocycles. The van der Waals surface area contributed by atoms with Crippen molar-refractivity contribution in [1.82, 2.24) is 0 Å². The highest BCUT2D eigenvalue weighted by Crippen LogP contribution is 2.35. The second-order valence-electron chi connectivity index (χ2n) is 4.35. The van der Waals surface area contributed by atoms with E-state index in [2.05, 4.69) is 6.92 Å². The van der Waals surface area contributed by atoms with E-state index in [1.807, 2.05) is 6.92 Å². The molecule has 0 aromatic heterocycles. The maximum absolute atomic E-state index is 5.91. The van der Waals surface area contributed by atoms with Crippen molar-refractivity contribution in [2.75, 3.05) is 21.3 Å². The van der Waals surface area contributed by atoms with Crippen LogP contribution in [-0.2, 0) is 18.9 Å². The van der Waals surface area contributed by atoms with E-state index >= 15 is 0 Å². The van der Waals surface area contributed by atoms with Crippen LogP contribution in [0.25, 0.3) is 0 Å². The van der Waals surface area contributed by atoms with Gasteiger partial charge in [-0.3, -0.25) is 0 Å². The lowest BCUT2D eigenvalue weighted by Crippen LogP contribution is -2.51. The van der Waals surface area contributed by atoms with Gasteiger partial charge in [-0.05, 0) is 19.8 Å². The van der Waals surface area contributed by atoms with Gasteiger partial charge >= 0.3 is 0 Å². The molecule has 1 rings (SSSR count). The summed E-state index contributed by atoms with van der Waals surface area (Å²) >= 11 is 0. The van der Waals surface area contributed by atoms with Crippen molar-refractivity contribution in [3.63, 3.8) is 0 Å². The van der Waals surface area contributed by atoms with Gasteiger partial charge in [0.15, 0.2) is 12.6 Å². The van der Waals surface area contributed by atoms with Gasteiger partial charge in [0, 0.05) is 27.2 Å². The summed E-state index contributed by atoms with van der Waals surface area (Å²) in [6.07, 6.45) is 1.46. The summed E-state index contributed by atoms with van der Waals surface area (Å²) in [5.74, 6) is 0.414. The van der Waals surface area contributed by atoms with Crippen LogP contribution in [0.1, 0.15) is 26.7 Å². The molecule has 0 aliphatic carbocycles. The first-order valence-corrected chi connectivity index (χ1v) is 5.33. The lowest BCUT2D eigenvalue weighted by molar-refractivity contribution is -0.310. The molecule has 0 amide bonds. The van der Waals surface area contributed by atoms with Crippen molar-refractivity contribution in [2.45, 2.75) is 44.9 Å². The number of methoxy groups -OCH3 is 3. The summed E-state index contributed by atoms with van der Waals surface area (Å²) < 4.78 is 21.7. The molecule has 1 fully saturated rings. The van der Waals surface area contributed by atoms with Gasteiger partial charge in [0.05, 0.1) is 0 Å². The zero-order valence-corrected chi connectivity index (χ0v) is 10.3. The van der Waals surface area contributed by atoms with Crippen LogP contribution >= 0.6 is 0 Å². The number of hydrogen-bond donors (Lipinski definition) is 0. The van der Waals surface area contributed by atoms with Crippen molar-refractivity contribution < 1.29 is 18.9 Å². The third kappa shape index (κ3) is 2.69. The SMILES string of the molecule is COC1OC(C)(C(OC)OC)CCC1C. The predicted molar refractivity (Wildman–Crippen MR) is 56.5 cm³/mol. The Morgan fingerprint density at radius 2 is 1.87 bits per heavy atom. The Kier molecular flexibility index (Phi) is 4.52. The van der Waals surface area contributed by atoms with E-state index in [1.54, 1.807) is 21.3 Å². The first-order chi connectivity index (χ1) is 7.07. The number of rotatable bonds is 4. The molecule has 0 aromatic rings. The van der Waals surface area contributed by atoms with Crippen LogP contribution in [0.4, 0.5) is 0 Å². The summed E-state index contributed by atoms with van der Waals surface area (Å²) in [4.78, 5) is 0. The molecule has 1 aliphatic rings. The van der Waals surface area contributed by atoms with Gasteiger partial charge in [-0.25, -0.2) is 0 Å². The fraction of sp³-hybridized carbons (Fsp3) is 1.00. The predicted octanol–water partition coefficient (Wildman–Crippen LogP) is 1.78. The molecule has 1 saturated heterocycles. The third-order valence-corrected chi connectivity index (χ3v) is 3.11. The highest BCUT2D eigenvalue weighted by Gasteiger charge is 2.43. The Morgan fingerprint density at radius 1 is 1.27 bits per heavy atom. The standard InChI is InChI=1S/C11H22O4/c1-8-6-7-11(2,10(13-4)14-5)15-9(8)12-3/h8-10H,6-7H2,1-5H3. The van der Waals surface area contributed by atoms with Crippen LogP contribution in [-0.4, -0.2) is 39.5 Å². The average Bonchev–Trinajstić information content (AvgIpc) is 2.23. The normalized spacial score (nSPS) is 37.2. The van der Waals surface area contributed by atoms with Crippen molar-refractivity contribution >= 4 is 0 Å². The molecule has 0 N–H and O–H groups in total. The van der Waals surface area contributed by atoms with Crippen LogP contribution in [0.15, 0.2) is 0 Å². The summed E-state index contributed by atoms with van der Waals surface area (Å²) in [7, 11) is 4.92. The van der Waals surface area contributed by atoms with E-state index in [0.29, 0.717) is 5.92 Å². The highest BCUT2D eigenvalue weighted by atomic mass is 16.7. The number of hydrogen-bond acceptors (Lipinski definition) is 4. The average molecular weight is 218 g/mol. The van der Waals surface area contributed by atoms with Crippen molar-refractivity contribution in [1.29, 1.82) is 0 Å². The van der Waals surface area contributed by atoms with Crippen LogP contribution in [0, 0.1) is 5.92 Å². The van der Waals surface area contributed by atoms with Gasteiger partial charge in [-0.1, -0.05) is 6.92 Å². The molecule has 3 atom stereocenters. The van der Waals surface area contributed by atoms with Gasteiger partial charge in [0.1, 0.15) is 5.60 Å². The summed E-state index contributed by atoms with van der Waals surface area (Å²) in [6, 6.07) is 0. The second kappa shape index (κ2) is 5.25. The Balaban J connectivity index is 2.69. The van der Waals surface area contributed by atoms with E-state index < -0.39 is 5.60 Å². The zero-order chi connectivity index (χ0) is 11.5. The lowest BCUT2D eigenvalue weighted by atomic mass is 9.89. The van der Waals surface area contributed by atoms with Gasteiger partial charge in [0.25, 0.3) is 0 Å².